The molecule has 0 aliphatic heterocycles. The minimum atomic E-state index is -4.48. The van der Waals surface area contributed by atoms with E-state index in [1.165, 1.54) is 19.1 Å². The van der Waals surface area contributed by atoms with Gasteiger partial charge < -0.3 is 10.1 Å². The van der Waals surface area contributed by atoms with Crippen molar-refractivity contribution in [3.8, 4) is 5.75 Å². The van der Waals surface area contributed by atoms with Crippen LogP contribution in [-0.4, -0.2) is 12.0 Å². The monoisotopic (exact) mass is 275 g/mol. The summed E-state index contributed by atoms with van der Waals surface area (Å²) in [6.45, 7) is 4.56. The molecule has 3 nitrogen and oxygen atoms in total. The Morgan fingerprint density at radius 3 is 2.47 bits per heavy atom. The Labute approximate surface area is 109 Å². The maximum atomic E-state index is 12.9. The fraction of sp³-hybridized carbons (Fsp3) is 0.462. The van der Waals surface area contributed by atoms with Gasteiger partial charge in [-0.1, -0.05) is 6.07 Å². The summed E-state index contributed by atoms with van der Waals surface area (Å²) >= 11 is 0. The zero-order valence-corrected chi connectivity index (χ0v) is 11.0. The average molecular weight is 275 g/mol. The van der Waals surface area contributed by atoms with Crippen molar-refractivity contribution in [2.75, 3.05) is 0 Å². The number of halogens is 3. The molecule has 106 valence electrons. The molecule has 0 radical (unpaired) electrons. The van der Waals surface area contributed by atoms with Crippen molar-refractivity contribution in [3.05, 3.63) is 29.3 Å². The van der Waals surface area contributed by atoms with Crippen molar-refractivity contribution in [1.29, 1.82) is 0 Å². The summed E-state index contributed by atoms with van der Waals surface area (Å²) in [7, 11) is 0. The Morgan fingerprint density at radius 2 is 2.00 bits per heavy atom. The van der Waals surface area contributed by atoms with E-state index in [4.69, 9.17) is 4.74 Å². The number of carbonyl (C=O) groups excluding carboxylic acids is 1. The molecule has 0 aromatic heterocycles. The van der Waals surface area contributed by atoms with Gasteiger partial charge in [0.15, 0.2) is 0 Å². The van der Waals surface area contributed by atoms with Crippen molar-refractivity contribution in [1.82, 2.24) is 5.32 Å². The zero-order chi connectivity index (χ0) is 14.6. The lowest BCUT2D eigenvalue weighted by Gasteiger charge is -2.16. The van der Waals surface area contributed by atoms with Crippen LogP contribution in [0.2, 0.25) is 0 Å². The first kappa shape index (κ1) is 15.3. The molecule has 0 unspecified atom stereocenters. The van der Waals surface area contributed by atoms with E-state index in [1.807, 2.05) is 0 Å². The van der Waals surface area contributed by atoms with Gasteiger partial charge in [0, 0.05) is 13.5 Å². The molecule has 1 aromatic rings. The number of carbonyl (C=O) groups is 1. The zero-order valence-electron chi connectivity index (χ0n) is 11.0. The number of hydrogen-bond acceptors (Lipinski definition) is 2. The van der Waals surface area contributed by atoms with Crippen LogP contribution >= 0.6 is 0 Å². The highest BCUT2D eigenvalue weighted by Crippen LogP contribution is 2.34. The average Bonchev–Trinajstić information content (AvgIpc) is 2.25. The fourth-order valence-corrected chi connectivity index (χ4v) is 1.54. The van der Waals surface area contributed by atoms with Crippen molar-refractivity contribution in [2.24, 2.45) is 0 Å². The fourth-order valence-electron chi connectivity index (χ4n) is 1.54. The molecule has 1 rings (SSSR count). The van der Waals surface area contributed by atoms with E-state index in [0.717, 1.165) is 6.07 Å². The second-order valence-electron chi connectivity index (χ2n) is 4.39. The first-order valence-corrected chi connectivity index (χ1v) is 5.81. The second-order valence-corrected chi connectivity index (χ2v) is 4.39. The number of alkyl halides is 3. The summed E-state index contributed by atoms with van der Waals surface area (Å²) in [5.74, 6) is -0.218. The van der Waals surface area contributed by atoms with Gasteiger partial charge in [-0.2, -0.15) is 13.2 Å². The quantitative estimate of drug-likeness (QED) is 0.916. The van der Waals surface area contributed by atoms with E-state index in [-0.39, 0.29) is 29.9 Å². The van der Waals surface area contributed by atoms with E-state index < -0.39 is 11.7 Å². The number of ether oxygens (including phenoxy) is 1. The number of amides is 1. The molecule has 0 aliphatic rings. The molecular formula is C13H16F3NO2. The highest BCUT2D eigenvalue weighted by molar-refractivity contribution is 5.72. The molecule has 1 aromatic carbocycles. The predicted octanol–water partition coefficient (Wildman–Crippen LogP) is 3.13. The summed E-state index contributed by atoms with van der Waals surface area (Å²) in [6, 6.07) is 3.74. The third-order valence-electron chi connectivity index (χ3n) is 2.29. The lowest BCUT2D eigenvalue weighted by atomic mass is 10.1. The minimum Gasteiger partial charge on any atom is -0.491 e. The van der Waals surface area contributed by atoms with Crippen LogP contribution in [0, 0.1) is 0 Å². The minimum absolute atomic E-state index is 0.0128. The predicted molar refractivity (Wildman–Crippen MR) is 64.7 cm³/mol. The summed E-state index contributed by atoms with van der Waals surface area (Å²) < 4.78 is 44.0. The van der Waals surface area contributed by atoms with Crippen LogP contribution in [0.25, 0.3) is 0 Å². The van der Waals surface area contributed by atoms with E-state index in [2.05, 4.69) is 5.32 Å². The summed E-state index contributed by atoms with van der Waals surface area (Å²) in [6.07, 6.45) is -4.69. The SMILES string of the molecule is CC(=O)NCc1ccc(OC(C)C)cc1C(F)(F)F. The van der Waals surface area contributed by atoms with Crippen LogP contribution in [0.3, 0.4) is 0 Å². The third kappa shape index (κ3) is 4.81. The number of rotatable bonds is 4. The summed E-state index contributed by atoms with van der Waals surface area (Å²) in [4.78, 5) is 10.8. The third-order valence-corrected chi connectivity index (χ3v) is 2.29. The van der Waals surface area contributed by atoms with Gasteiger partial charge in [0.05, 0.1) is 11.7 Å². The normalized spacial score (nSPS) is 11.5. The highest BCUT2D eigenvalue weighted by Gasteiger charge is 2.33. The molecule has 0 spiro atoms. The molecule has 0 bridgehead atoms. The maximum Gasteiger partial charge on any atom is 0.416 e. The molecule has 6 heteroatoms. The van der Waals surface area contributed by atoms with Gasteiger partial charge >= 0.3 is 6.18 Å². The maximum absolute atomic E-state index is 12.9. The van der Waals surface area contributed by atoms with Crippen molar-refractivity contribution < 1.29 is 22.7 Å². The van der Waals surface area contributed by atoms with Crippen LogP contribution in [0.15, 0.2) is 18.2 Å². The van der Waals surface area contributed by atoms with Gasteiger partial charge in [-0.15, -0.1) is 0 Å². The Morgan fingerprint density at radius 1 is 1.37 bits per heavy atom. The van der Waals surface area contributed by atoms with E-state index in [9.17, 15) is 18.0 Å². The van der Waals surface area contributed by atoms with Crippen LogP contribution < -0.4 is 10.1 Å². The lowest BCUT2D eigenvalue weighted by molar-refractivity contribution is -0.138. The largest absolute Gasteiger partial charge is 0.491 e. The summed E-state index contributed by atoms with van der Waals surface area (Å²) in [5, 5.41) is 2.35. The number of hydrogen-bond donors (Lipinski definition) is 1. The Hall–Kier alpha value is -1.72. The molecule has 19 heavy (non-hydrogen) atoms. The lowest BCUT2D eigenvalue weighted by Crippen LogP contribution is -2.21. The highest BCUT2D eigenvalue weighted by atomic mass is 19.4. The van der Waals surface area contributed by atoms with Gasteiger partial charge in [-0.25, -0.2) is 0 Å². The molecule has 0 aliphatic carbocycles. The molecule has 0 heterocycles. The van der Waals surface area contributed by atoms with Gasteiger partial charge in [-0.3, -0.25) is 4.79 Å². The molecular weight excluding hydrogens is 259 g/mol. The molecule has 1 amide bonds. The van der Waals surface area contributed by atoms with Crippen LogP contribution in [0.4, 0.5) is 13.2 Å². The van der Waals surface area contributed by atoms with Gasteiger partial charge in [-0.05, 0) is 31.5 Å². The Balaban J connectivity index is 3.06. The molecule has 0 saturated carbocycles. The van der Waals surface area contributed by atoms with Crippen molar-refractivity contribution in [2.45, 2.75) is 39.6 Å². The number of benzene rings is 1. The smallest absolute Gasteiger partial charge is 0.416 e. The van der Waals surface area contributed by atoms with E-state index in [0.29, 0.717) is 0 Å². The van der Waals surface area contributed by atoms with Crippen LogP contribution in [0.5, 0.6) is 5.75 Å². The second kappa shape index (κ2) is 5.95. The van der Waals surface area contributed by atoms with Crippen molar-refractivity contribution in [3.63, 3.8) is 0 Å². The Bertz CT molecular complexity index is 456. The topological polar surface area (TPSA) is 38.3 Å². The van der Waals surface area contributed by atoms with E-state index >= 15 is 0 Å². The Kier molecular flexibility index (Phi) is 4.80. The standard InChI is InChI=1S/C13H16F3NO2/c1-8(2)19-11-5-4-10(7-17-9(3)18)12(6-11)13(14,15)16/h4-6,8H,7H2,1-3H3,(H,17,18). The van der Waals surface area contributed by atoms with Crippen LogP contribution in [-0.2, 0) is 17.5 Å². The molecule has 0 fully saturated rings. The van der Waals surface area contributed by atoms with Crippen LogP contribution in [0.1, 0.15) is 31.9 Å². The van der Waals surface area contributed by atoms with Crippen molar-refractivity contribution >= 4 is 5.91 Å². The first-order valence-electron chi connectivity index (χ1n) is 5.81. The summed E-state index contributed by atoms with van der Waals surface area (Å²) in [5.41, 5.74) is -0.779. The first-order chi connectivity index (χ1) is 8.70. The van der Waals surface area contributed by atoms with Gasteiger partial charge in [0.25, 0.3) is 0 Å². The molecule has 0 atom stereocenters. The van der Waals surface area contributed by atoms with Gasteiger partial charge in [0.1, 0.15) is 5.75 Å². The molecule has 1 N–H and O–H groups in total. The van der Waals surface area contributed by atoms with Gasteiger partial charge in [0.2, 0.25) is 5.91 Å². The molecule has 0 saturated heterocycles. The van der Waals surface area contributed by atoms with E-state index in [1.54, 1.807) is 13.8 Å². The number of nitrogens with one attached hydrogen (secondary N) is 1.